The molecule has 0 saturated carbocycles. The van der Waals surface area contributed by atoms with Gasteiger partial charge in [-0.1, -0.05) is 24.3 Å². The summed E-state index contributed by atoms with van der Waals surface area (Å²) < 4.78 is 60.8. The quantitative estimate of drug-likeness (QED) is 0.256. The van der Waals surface area contributed by atoms with Crippen molar-refractivity contribution in [2.24, 2.45) is 0 Å². The van der Waals surface area contributed by atoms with Crippen LogP contribution in [-0.4, -0.2) is 34.6 Å². The van der Waals surface area contributed by atoms with Crippen LogP contribution >= 0.6 is 0 Å². The van der Waals surface area contributed by atoms with E-state index in [2.05, 4.69) is 15.0 Å². The van der Waals surface area contributed by atoms with Crippen molar-refractivity contribution >= 4 is 16.9 Å². The highest BCUT2D eigenvalue weighted by atomic mass is 19.1. The third kappa shape index (κ3) is 4.63. The summed E-state index contributed by atoms with van der Waals surface area (Å²) in [6.45, 7) is 0.409. The number of nitrogens with zero attached hydrogens (tertiary/aromatic N) is 1. The summed E-state index contributed by atoms with van der Waals surface area (Å²) in [5.74, 6) is -3.02. The molecule has 2 N–H and O–H groups in total. The monoisotopic (exact) mass is 533 g/mol. The van der Waals surface area contributed by atoms with Gasteiger partial charge in [0.2, 0.25) is 0 Å². The third-order valence-corrected chi connectivity index (χ3v) is 6.64. The van der Waals surface area contributed by atoms with Crippen molar-refractivity contribution in [3.05, 3.63) is 101 Å². The molecule has 2 aromatic heterocycles. The molecule has 39 heavy (non-hydrogen) atoms. The lowest BCUT2D eigenvalue weighted by molar-refractivity contribution is -0.139. The number of halogens is 3. The number of hydrogen-bond acceptors (Lipinski definition) is 5. The van der Waals surface area contributed by atoms with Crippen LogP contribution in [0.2, 0.25) is 0 Å². The molecule has 0 saturated heterocycles. The van der Waals surface area contributed by atoms with E-state index < -0.39 is 29.3 Å². The maximum Gasteiger partial charge on any atom is 0.309 e. The molecule has 0 fully saturated rings. The number of benzene rings is 3. The van der Waals surface area contributed by atoms with Gasteiger partial charge in [0, 0.05) is 29.8 Å². The van der Waals surface area contributed by atoms with Crippen LogP contribution in [0, 0.1) is 17.5 Å². The number of methoxy groups -OCH3 is 1. The lowest BCUT2D eigenvalue weighted by Gasteiger charge is -2.22. The number of H-pyrrole nitrogens is 2. The molecule has 0 radical (unpaired) electrons. The first kappa shape index (κ1) is 24.7. The zero-order chi connectivity index (χ0) is 27.1. The van der Waals surface area contributed by atoms with Gasteiger partial charge in [0.25, 0.3) is 0 Å². The lowest BCUT2D eigenvalue weighted by atomic mass is 9.99. The fourth-order valence-electron chi connectivity index (χ4n) is 4.75. The second kappa shape index (κ2) is 9.95. The summed E-state index contributed by atoms with van der Waals surface area (Å²) in [6, 6.07) is 13.8. The molecule has 1 unspecified atom stereocenters. The average molecular weight is 534 g/mol. The normalized spacial score (nSPS) is 14.8. The summed E-state index contributed by atoms with van der Waals surface area (Å²) in [5.41, 5.74) is 3.29. The second-order valence-corrected chi connectivity index (χ2v) is 9.13. The predicted molar refractivity (Wildman–Crippen MR) is 136 cm³/mol. The third-order valence-electron chi connectivity index (χ3n) is 6.64. The van der Waals surface area contributed by atoms with E-state index in [1.165, 1.54) is 31.5 Å². The molecule has 5 aromatic rings. The highest BCUT2D eigenvalue weighted by molar-refractivity contribution is 5.82. The number of carbonyl (C=O) groups excluding carboxylic acids is 1. The fourth-order valence-corrected chi connectivity index (χ4v) is 4.75. The van der Waals surface area contributed by atoms with Crippen molar-refractivity contribution in [2.45, 2.75) is 18.9 Å². The highest BCUT2D eigenvalue weighted by Gasteiger charge is 2.28. The second-order valence-electron chi connectivity index (χ2n) is 9.13. The van der Waals surface area contributed by atoms with E-state index in [1.807, 2.05) is 24.3 Å². The van der Waals surface area contributed by atoms with Crippen LogP contribution in [0.4, 0.5) is 13.2 Å². The van der Waals surface area contributed by atoms with Gasteiger partial charge in [-0.3, -0.25) is 4.79 Å². The van der Waals surface area contributed by atoms with E-state index in [0.29, 0.717) is 24.2 Å². The summed E-state index contributed by atoms with van der Waals surface area (Å²) in [5, 5.41) is 0.175. The van der Waals surface area contributed by atoms with Crippen LogP contribution in [-0.2, 0) is 27.1 Å². The molecule has 1 atom stereocenters. The first-order valence-corrected chi connectivity index (χ1v) is 12.2. The van der Waals surface area contributed by atoms with E-state index in [9.17, 15) is 18.0 Å². The molecular weight excluding hydrogens is 511 g/mol. The van der Waals surface area contributed by atoms with Crippen molar-refractivity contribution in [1.82, 2.24) is 15.0 Å². The zero-order valence-electron chi connectivity index (χ0n) is 20.7. The number of nitrogens with one attached hydrogen (secondary N) is 2. The fraction of sp³-hybridized carbons (Fsp3) is 0.172. The summed E-state index contributed by atoms with van der Waals surface area (Å²) in [4.78, 5) is 22.3. The molecule has 0 aliphatic carbocycles. The Bertz CT molecular complexity index is 1710. The molecule has 6 rings (SSSR count). The Balaban J connectivity index is 1.33. The minimum atomic E-state index is -0.892. The molecule has 1 aliphatic rings. The molecule has 0 spiro atoms. The number of fused-ring (bicyclic) bond motifs is 2. The summed E-state index contributed by atoms with van der Waals surface area (Å²) >= 11 is 0. The summed E-state index contributed by atoms with van der Waals surface area (Å²) in [7, 11) is 1.33. The molecular formula is C29H22F3N3O4. The van der Waals surface area contributed by atoms with Crippen LogP contribution in [0.1, 0.15) is 28.6 Å². The molecule has 198 valence electrons. The Hall–Kier alpha value is -4.57. The molecule has 0 amide bonds. The van der Waals surface area contributed by atoms with Crippen molar-refractivity contribution in [1.29, 1.82) is 0 Å². The van der Waals surface area contributed by atoms with Gasteiger partial charge < -0.3 is 24.2 Å². The standard InChI is InChI=1S/C29H22F3N3O4/c1-37-24(36)12-15-3-2-4-16(11-15)27-26-22(8-10-38-27)34-29(35-26)19-13-17(5-6-20(19)30)39-28-21(31)14-23-18(25(28)32)7-9-33-23/h2-7,9,11,13-14,27,33H,8,10,12H2,1H3,(H,34,35). The van der Waals surface area contributed by atoms with Gasteiger partial charge in [-0.2, -0.15) is 0 Å². The Morgan fingerprint density at radius 2 is 1.97 bits per heavy atom. The smallest absolute Gasteiger partial charge is 0.309 e. The largest absolute Gasteiger partial charge is 0.469 e. The van der Waals surface area contributed by atoms with Crippen molar-refractivity contribution in [2.75, 3.05) is 13.7 Å². The van der Waals surface area contributed by atoms with Gasteiger partial charge in [0.05, 0.1) is 36.9 Å². The van der Waals surface area contributed by atoms with Crippen LogP contribution in [0.15, 0.2) is 60.8 Å². The molecule has 3 aromatic carbocycles. The maximum absolute atomic E-state index is 15.0. The first-order chi connectivity index (χ1) is 18.9. The number of aromatic nitrogens is 3. The van der Waals surface area contributed by atoms with Gasteiger partial charge in [-0.05, 0) is 35.4 Å². The number of rotatable bonds is 6. The number of esters is 1. The molecule has 0 bridgehead atoms. The van der Waals surface area contributed by atoms with Crippen molar-refractivity contribution < 1.29 is 32.2 Å². The van der Waals surface area contributed by atoms with Crippen molar-refractivity contribution in [3.63, 3.8) is 0 Å². The lowest BCUT2D eigenvalue weighted by Crippen LogP contribution is -2.17. The number of carbonyl (C=O) groups is 1. The van der Waals surface area contributed by atoms with Gasteiger partial charge in [0.1, 0.15) is 23.5 Å². The summed E-state index contributed by atoms with van der Waals surface area (Å²) in [6.07, 6.45) is 1.62. The van der Waals surface area contributed by atoms with E-state index >= 15 is 0 Å². The SMILES string of the molecule is COC(=O)Cc1cccc(C2OCCc3[nH]c(-c4cc(Oc5c(F)cc6[nH]ccc6c5F)ccc4F)nc32)c1. The van der Waals surface area contributed by atoms with Gasteiger partial charge >= 0.3 is 5.97 Å². The van der Waals surface area contributed by atoms with Crippen LogP contribution in [0.5, 0.6) is 11.5 Å². The minimum absolute atomic E-state index is 0.0387. The minimum Gasteiger partial charge on any atom is -0.469 e. The highest BCUT2D eigenvalue weighted by Crippen LogP contribution is 2.37. The van der Waals surface area contributed by atoms with E-state index in [-0.39, 0.29) is 34.9 Å². The van der Waals surface area contributed by atoms with E-state index in [0.717, 1.165) is 29.0 Å². The van der Waals surface area contributed by atoms with Gasteiger partial charge in [-0.15, -0.1) is 0 Å². The van der Waals surface area contributed by atoms with E-state index in [1.54, 1.807) is 0 Å². The number of imidazole rings is 1. The molecule has 3 heterocycles. The molecule has 1 aliphatic heterocycles. The zero-order valence-corrected chi connectivity index (χ0v) is 20.7. The number of hydrogen-bond donors (Lipinski definition) is 2. The maximum atomic E-state index is 15.0. The van der Waals surface area contributed by atoms with Gasteiger partial charge in [0.15, 0.2) is 17.4 Å². The van der Waals surface area contributed by atoms with Crippen molar-refractivity contribution in [3.8, 4) is 22.9 Å². The molecule has 7 nitrogen and oxygen atoms in total. The molecule has 10 heteroatoms. The number of aromatic amines is 2. The average Bonchev–Trinajstić information content (AvgIpc) is 3.59. The van der Waals surface area contributed by atoms with Crippen LogP contribution < -0.4 is 4.74 Å². The first-order valence-electron chi connectivity index (χ1n) is 12.2. The number of ether oxygens (including phenoxy) is 3. The Kier molecular flexibility index (Phi) is 6.32. The predicted octanol–water partition coefficient (Wildman–Crippen LogP) is 6.15. The topological polar surface area (TPSA) is 89.2 Å². The Labute approximate surface area is 220 Å². The van der Waals surface area contributed by atoms with E-state index in [4.69, 9.17) is 14.2 Å². The van der Waals surface area contributed by atoms with Crippen LogP contribution in [0.3, 0.4) is 0 Å². The van der Waals surface area contributed by atoms with Gasteiger partial charge in [-0.25, -0.2) is 18.2 Å². The Morgan fingerprint density at radius 3 is 2.82 bits per heavy atom. The Morgan fingerprint density at radius 1 is 1.10 bits per heavy atom. The van der Waals surface area contributed by atoms with Crippen LogP contribution in [0.25, 0.3) is 22.3 Å².